The molecule has 0 bridgehead atoms. The van der Waals surface area contributed by atoms with E-state index in [9.17, 15) is 0 Å². The van der Waals surface area contributed by atoms with Crippen molar-refractivity contribution in [2.24, 2.45) is 0 Å². The van der Waals surface area contributed by atoms with Gasteiger partial charge in [-0.1, -0.05) is 0 Å². The fourth-order valence-electron chi connectivity index (χ4n) is 1.54. The van der Waals surface area contributed by atoms with E-state index in [0.29, 0.717) is 6.04 Å². The standard InChI is InChI=1S/C7H11N3/c1-8-5-2-3-6-7(5)10-4-9-6/h4-5,8H,2-3H2,1H3,(H,9,10). The lowest BCUT2D eigenvalue weighted by atomic mass is 10.2. The number of aromatic nitrogens is 2. The van der Waals surface area contributed by atoms with Crippen LogP contribution in [-0.2, 0) is 6.42 Å². The Morgan fingerprint density at radius 2 is 2.70 bits per heavy atom. The average molecular weight is 137 g/mol. The average Bonchev–Trinajstić information content (AvgIpc) is 2.44. The normalized spacial score (nSPS) is 23.1. The minimum Gasteiger partial charge on any atom is -0.348 e. The molecule has 3 heteroatoms. The van der Waals surface area contributed by atoms with Gasteiger partial charge in [0.1, 0.15) is 0 Å². The van der Waals surface area contributed by atoms with Crippen molar-refractivity contribution < 1.29 is 0 Å². The summed E-state index contributed by atoms with van der Waals surface area (Å²) in [6, 6.07) is 0.487. The van der Waals surface area contributed by atoms with Gasteiger partial charge in [0.2, 0.25) is 0 Å². The number of rotatable bonds is 1. The first-order chi connectivity index (χ1) is 4.92. The summed E-state index contributed by atoms with van der Waals surface area (Å²) in [4.78, 5) is 7.36. The van der Waals surface area contributed by atoms with Crippen LogP contribution in [0.4, 0.5) is 0 Å². The minimum absolute atomic E-state index is 0.487. The van der Waals surface area contributed by atoms with E-state index in [2.05, 4.69) is 15.3 Å². The molecule has 0 radical (unpaired) electrons. The first kappa shape index (κ1) is 5.92. The second-order valence-corrected chi connectivity index (χ2v) is 2.65. The quantitative estimate of drug-likeness (QED) is 0.595. The molecular formula is C7H11N3. The van der Waals surface area contributed by atoms with Gasteiger partial charge in [-0.05, 0) is 19.9 Å². The molecule has 0 spiro atoms. The second-order valence-electron chi connectivity index (χ2n) is 2.65. The highest BCUT2D eigenvalue weighted by molar-refractivity contribution is 5.21. The van der Waals surface area contributed by atoms with Crippen LogP contribution < -0.4 is 5.32 Å². The van der Waals surface area contributed by atoms with Crippen molar-refractivity contribution >= 4 is 0 Å². The topological polar surface area (TPSA) is 40.7 Å². The van der Waals surface area contributed by atoms with Crippen molar-refractivity contribution in [3.05, 3.63) is 17.7 Å². The molecule has 1 aromatic heterocycles. The van der Waals surface area contributed by atoms with E-state index in [1.165, 1.54) is 17.8 Å². The summed E-state index contributed by atoms with van der Waals surface area (Å²) in [7, 11) is 1.98. The zero-order valence-corrected chi connectivity index (χ0v) is 6.02. The molecule has 1 aliphatic rings. The SMILES string of the molecule is CNC1CCc2[nH]cnc21. The minimum atomic E-state index is 0.487. The van der Waals surface area contributed by atoms with Crippen molar-refractivity contribution in [1.29, 1.82) is 0 Å². The number of imidazole rings is 1. The molecule has 1 heterocycles. The third-order valence-corrected chi connectivity index (χ3v) is 2.11. The predicted octanol–water partition coefficient (Wildman–Crippen LogP) is 0.616. The van der Waals surface area contributed by atoms with E-state index in [1.807, 2.05) is 7.05 Å². The van der Waals surface area contributed by atoms with E-state index < -0.39 is 0 Å². The van der Waals surface area contributed by atoms with Crippen LogP contribution in [0, 0.1) is 0 Å². The van der Waals surface area contributed by atoms with Gasteiger partial charge in [-0.2, -0.15) is 0 Å². The van der Waals surface area contributed by atoms with Gasteiger partial charge in [-0.3, -0.25) is 0 Å². The van der Waals surface area contributed by atoms with Crippen LogP contribution >= 0.6 is 0 Å². The summed E-state index contributed by atoms with van der Waals surface area (Å²) in [5, 5.41) is 3.22. The lowest BCUT2D eigenvalue weighted by Gasteiger charge is -2.04. The molecule has 2 N–H and O–H groups in total. The maximum atomic E-state index is 4.23. The Labute approximate surface area is 59.9 Å². The summed E-state index contributed by atoms with van der Waals surface area (Å²) in [6.45, 7) is 0. The number of hydrogen-bond acceptors (Lipinski definition) is 2. The Bertz CT molecular complexity index is 229. The number of aromatic amines is 1. The fraction of sp³-hybridized carbons (Fsp3) is 0.571. The molecule has 0 amide bonds. The van der Waals surface area contributed by atoms with Gasteiger partial charge in [0.15, 0.2) is 0 Å². The van der Waals surface area contributed by atoms with Crippen molar-refractivity contribution in [3.8, 4) is 0 Å². The van der Waals surface area contributed by atoms with Gasteiger partial charge in [0, 0.05) is 5.69 Å². The number of aryl methyl sites for hydroxylation is 1. The molecule has 10 heavy (non-hydrogen) atoms. The van der Waals surface area contributed by atoms with Gasteiger partial charge in [0.05, 0.1) is 18.1 Å². The van der Waals surface area contributed by atoms with Gasteiger partial charge < -0.3 is 10.3 Å². The maximum Gasteiger partial charge on any atom is 0.0925 e. The third kappa shape index (κ3) is 0.671. The zero-order chi connectivity index (χ0) is 6.97. The summed E-state index contributed by atoms with van der Waals surface area (Å²) >= 11 is 0. The third-order valence-electron chi connectivity index (χ3n) is 2.11. The predicted molar refractivity (Wildman–Crippen MR) is 38.7 cm³/mol. The Kier molecular flexibility index (Phi) is 1.24. The van der Waals surface area contributed by atoms with E-state index >= 15 is 0 Å². The van der Waals surface area contributed by atoms with Crippen molar-refractivity contribution in [1.82, 2.24) is 15.3 Å². The molecule has 1 atom stereocenters. The summed E-state index contributed by atoms with van der Waals surface area (Å²) in [6.07, 6.45) is 4.10. The zero-order valence-electron chi connectivity index (χ0n) is 6.02. The van der Waals surface area contributed by atoms with Gasteiger partial charge in [-0.15, -0.1) is 0 Å². The maximum absolute atomic E-state index is 4.23. The molecule has 1 unspecified atom stereocenters. The van der Waals surface area contributed by atoms with Crippen molar-refractivity contribution in [3.63, 3.8) is 0 Å². The smallest absolute Gasteiger partial charge is 0.0925 e. The lowest BCUT2D eigenvalue weighted by molar-refractivity contribution is 0.577. The number of nitrogens with zero attached hydrogens (tertiary/aromatic N) is 1. The number of hydrogen-bond donors (Lipinski definition) is 2. The molecule has 54 valence electrons. The molecule has 2 rings (SSSR count). The van der Waals surface area contributed by atoms with Gasteiger partial charge in [-0.25, -0.2) is 4.98 Å². The molecular weight excluding hydrogens is 126 g/mol. The largest absolute Gasteiger partial charge is 0.348 e. The Balaban J connectivity index is 2.34. The van der Waals surface area contributed by atoms with Crippen LogP contribution in [0.15, 0.2) is 6.33 Å². The number of fused-ring (bicyclic) bond motifs is 1. The highest BCUT2D eigenvalue weighted by Crippen LogP contribution is 2.26. The van der Waals surface area contributed by atoms with E-state index in [0.717, 1.165) is 6.42 Å². The second kappa shape index (κ2) is 2.09. The first-order valence-electron chi connectivity index (χ1n) is 3.61. The summed E-state index contributed by atoms with van der Waals surface area (Å²) < 4.78 is 0. The molecule has 1 aliphatic carbocycles. The van der Waals surface area contributed by atoms with E-state index in [-0.39, 0.29) is 0 Å². The van der Waals surface area contributed by atoms with Crippen molar-refractivity contribution in [2.45, 2.75) is 18.9 Å². The van der Waals surface area contributed by atoms with Crippen LogP contribution in [0.25, 0.3) is 0 Å². The summed E-state index contributed by atoms with van der Waals surface area (Å²) in [5.74, 6) is 0. The highest BCUT2D eigenvalue weighted by atomic mass is 15.0. The van der Waals surface area contributed by atoms with Crippen LogP contribution in [0.1, 0.15) is 23.9 Å². The van der Waals surface area contributed by atoms with E-state index in [1.54, 1.807) is 6.33 Å². The number of nitrogens with one attached hydrogen (secondary N) is 2. The molecule has 1 aromatic rings. The molecule has 3 nitrogen and oxygen atoms in total. The number of H-pyrrole nitrogens is 1. The fourth-order valence-corrected chi connectivity index (χ4v) is 1.54. The molecule has 0 aromatic carbocycles. The van der Waals surface area contributed by atoms with Gasteiger partial charge in [0.25, 0.3) is 0 Å². The van der Waals surface area contributed by atoms with Crippen LogP contribution in [0.3, 0.4) is 0 Å². The van der Waals surface area contributed by atoms with Crippen LogP contribution in [-0.4, -0.2) is 17.0 Å². The Hall–Kier alpha value is -0.830. The lowest BCUT2D eigenvalue weighted by Crippen LogP contribution is -2.13. The highest BCUT2D eigenvalue weighted by Gasteiger charge is 2.22. The molecule has 0 fully saturated rings. The first-order valence-corrected chi connectivity index (χ1v) is 3.61. The Morgan fingerprint density at radius 3 is 3.50 bits per heavy atom. The van der Waals surface area contributed by atoms with Gasteiger partial charge >= 0.3 is 0 Å². The summed E-state index contributed by atoms with van der Waals surface area (Å²) in [5.41, 5.74) is 2.52. The van der Waals surface area contributed by atoms with Crippen LogP contribution in [0.2, 0.25) is 0 Å². The molecule has 0 saturated heterocycles. The van der Waals surface area contributed by atoms with Crippen molar-refractivity contribution in [2.75, 3.05) is 7.05 Å². The van der Waals surface area contributed by atoms with E-state index in [4.69, 9.17) is 0 Å². The molecule has 0 saturated carbocycles. The monoisotopic (exact) mass is 137 g/mol. The van der Waals surface area contributed by atoms with Crippen LogP contribution in [0.5, 0.6) is 0 Å². The Morgan fingerprint density at radius 1 is 1.80 bits per heavy atom. The molecule has 0 aliphatic heterocycles.